The minimum Gasteiger partial charge on any atom is -0.358 e. The molecule has 0 fully saturated rings. The minimum absolute atomic E-state index is 0.135. The van der Waals surface area contributed by atoms with Gasteiger partial charge in [0.1, 0.15) is 12.9 Å². The van der Waals surface area contributed by atoms with Crippen LogP contribution in [0.25, 0.3) is 0 Å². The highest BCUT2D eigenvalue weighted by atomic mass is 35.5. The smallest absolute Gasteiger partial charge is 0.358 e. The van der Waals surface area contributed by atoms with Gasteiger partial charge in [0.2, 0.25) is 5.95 Å². The number of nitro groups is 1. The van der Waals surface area contributed by atoms with E-state index in [1.807, 2.05) is 18.2 Å². The summed E-state index contributed by atoms with van der Waals surface area (Å²) in [5, 5.41) is 21.8. The maximum atomic E-state index is 12.1. The summed E-state index contributed by atoms with van der Waals surface area (Å²) in [5.41, 5.74) is 1.45. The molecule has 0 unspecified atom stereocenters. The molecule has 0 aliphatic carbocycles. The molecule has 2 aromatic heterocycles. The number of aryl methyl sites for hydroxylation is 1. The predicted octanol–water partition coefficient (Wildman–Crippen LogP) is 2.03. The second-order valence-corrected chi connectivity index (χ2v) is 5.94. The lowest BCUT2D eigenvalue weighted by Crippen LogP contribution is -2.21. The third-order valence-electron chi connectivity index (χ3n) is 3.47. The number of nitrogens with one attached hydrogen (secondary N) is 1. The van der Waals surface area contributed by atoms with Crippen LogP contribution in [0.1, 0.15) is 11.3 Å². The molecule has 0 spiro atoms. The number of rotatable bonds is 6. The molecule has 0 aliphatic heterocycles. The highest BCUT2D eigenvalue weighted by Crippen LogP contribution is 2.12. The van der Waals surface area contributed by atoms with Gasteiger partial charge in [-0.3, -0.25) is 10.1 Å². The fourth-order valence-electron chi connectivity index (χ4n) is 2.29. The number of amides is 1. The Labute approximate surface area is 152 Å². The van der Waals surface area contributed by atoms with Crippen LogP contribution in [0.4, 0.5) is 11.8 Å². The number of anilines is 1. The zero-order valence-electron chi connectivity index (χ0n) is 13.7. The first kappa shape index (κ1) is 17.5. The average molecular weight is 376 g/mol. The van der Waals surface area contributed by atoms with Gasteiger partial charge in [-0.25, -0.2) is 9.67 Å². The van der Waals surface area contributed by atoms with E-state index >= 15 is 0 Å². The molecule has 0 saturated carbocycles. The normalized spacial score (nSPS) is 10.7. The molecule has 0 radical (unpaired) electrons. The Morgan fingerprint density at radius 1 is 1.35 bits per heavy atom. The Hall–Kier alpha value is -3.27. The van der Waals surface area contributed by atoms with Crippen LogP contribution >= 0.6 is 11.6 Å². The molecular formula is C15H14ClN7O3. The quantitative estimate of drug-likeness (QED) is 0.519. The molecule has 1 amide bonds. The molecular weight excluding hydrogens is 362 g/mol. The molecule has 0 atom stereocenters. The molecule has 10 nitrogen and oxygen atoms in total. The first-order valence-corrected chi connectivity index (χ1v) is 7.91. The van der Waals surface area contributed by atoms with Crippen molar-refractivity contribution in [1.82, 2.24) is 24.5 Å². The zero-order valence-corrected chi connectivity index (χ0v) is 14.4. The van der Waals surface area contributed by atoms with Gasteiger partial charge < -0.3 is 10.1 Å². The third kappa shape index (κ3) is 4.22. The lowest BCUT2D eigenvalue weighted by Gasteiger charge is -2.02. The Morgan fingerprint density at radius 3 is 2.85 bits per heavy atom. The van der Waals surface area contributed by atoms with Gasteiger partial charge in [0.05, 0.1) is 23.4 Å². The molecule has 11 heteroatoms. The van der Waals surface area contributed by atoms with Crippen LogP contribution in [-0.2, 0) is 17.9 Å². The largest absolute Gasteiger partial charge is 0.390 e. The van der Waals surface area contributed by atoms with E-state index in [1.165, 1.54) is 17.1 Å². The molecule has 0 saturated heterocycles. The number of carbonyl (C=O) groups excluding carboxylic acids is 1. The Kier molecular flexibility index (Phi) is 4.94. The van der Waals surface area contributed by atoms with Gasteiger partial charge in [-0.1, -0.05) is 23.7 Å². The maximum absolute atomic E-state index is 12.1. The van der Waals surface area contributed by atoms with E-state index in [-0.39, 0.29) is 18.3 Å². The van der Waals surface area contributed by atoms with Crippen molar-refractivity contribution in [2.75, 3.05) is 5.32 Å². The molecule has 0 bridgehead atoms. The zero-order chi connectivity index (χ0) is 18.7. The summed E-state index contributed by atoms with van der Waals surface area (Å²) in [5.74, 6) is -0.609. The first-order chi connectivity index (χ1) is 12.4. The van der Waals surface area contributed by atoms with E-state index in [1.54, 1.807) is 17.7 Å². The number of halogens is 1. The van der Waals surface area contributed by atoms with E-state index in [9.17, 15) is 14.9 Å². The predicted molar refractivity (Wildman–Crippen MR) is 92.8 cm³/mol. The van der Waals surface area contributed by atoms with Crippen molar-refractivity contribution in [3.63, 3.8) is 0 Å². The molecule has 3 aromatic rings. The van der Waals surface area contributed by atoms with E-state index in [2.05, 4.69) is 20.5 Å². The van der Waals surface area contributed by atoms with E-state index in [0.29, 0.717) is 17.3 Å². The fraction of sp³-hybridized carbons (Fsp3) is 0.200. The van der Waals surface area contributed by atoms with Crippen LogP contribution in [0.5, 0.6) is 0 Å². The summed E-state index contributed by atoms with van der Waals surface area (Å²) in [6.45, 7) is 1.90. The van der Waals surface area contributed by atoms with Crippen molar-refractivity contribution in [1.29, 1.82) is 0 Å². The van der Waals surface area contributed by atoms with Gasteiger partial charge in [-0.2, -0.15) is 4.68 Å². The Morgan fingerprint density at radius 2 is 2.15 bits per heavy atom. The Bertz CT molecular complexity index is 966. The van der Waals surface area contributed by atoms with Crippen LogP contribution in [0.15, 0.2) is 36.7 Å². The summed E-state index contributed by atoms with van der Waals surface area (Å²) < 4.78 is 2.81. The summed E-state index contributed by atoms with van der Waals surface area (Å²) in [4.78, 5) is 26.2. The number of aromatic nitrogens is 5. The van der Waals surface area contributed by atoms with Crippen molar-refractivity contribution in [3.05, 3.63) is 63.1 Å². The fourth-order valence-corrected chi connectivity index (χ4v) is 2.51. The first-order valence-electron chi connectivity index (χ1n) is 7.53. The molecule has 2 heterocycles. The Balaban J connectivity index is 1.62. The van der Waals surface area contributed by atoms with Crippen molar-refractivity contribution >= 4 is 29.3 Å². The summed E-state index contributed by atoms with van der Waals surface area (Å²) in [6.07, 6.45) is 1.49. The topological polar surface area (TPSA) is 121 Å². The van der Waals surface area contributed by atoms with Gasteiger partial charge in [0.25, 0.3) is 5.91 Å². The SMILES string of the molecule is Cc1cc([N+](=O)[O-])nn1CC(=O)Nc1ncn(Cc2cccc(Cl)c2)n1. The summed E-state index contributed by atoms with van der Waals surface area (Å²) in [7, 11) is 0. The van der Waals surface area contributed by atoms with E-state index < -0.39 is 10.8 Å². The highest BCUT2D eigenvalue weighted by molar-refractivity contribution is 6.30. The number of hydrogen-bond donors (Lipinski definition) is 1. The number of nitrogens with zero attached hydrogens (tertiary/aromatic N) is 6. The van der Waals surface area contributed by atoms with Crippen LogP contribution in [0.2, 0.25) is 5.02 Å². The van der Waals surface area contributed by atoms with Crippen LogP contribution in [-0.4, -0.2) is 35.4 Å². The van der Waals surface area contributed by atoms with Crippen LogP contribution < -0.4 is 5.32 Å². The lowest BCUT2D eigenvalue weighted by molar-refractivity contribution is -0.389. The highest BCUT2D eigenvalue weighted by Gasteiger charge is 2.18. The van der Waals surface area contributed by atoms with E-state index in [0.717, 1.165) is 5.56 Å². The lowest BCUT2D eigenvalue weighted by atomic mass is 10.2. The summed E-state index contributed by atoms with van der Waals surface area (Å²) in [6, 6.07) is 8.63. The maximum Gasteiger partial charge on any atom is 0.390 e. The van der Waals surface area contributed by atoms with E-state index in [4.69, 9.17) is 11.6 Å². The molecule has 0 aliphatic rings. The van der Waals surface area contributed by atoms with Gasteiger partial charge in [-0.15, -0.1) is 5.10 Å². The van der Waals surface area contributed by atoms with Crippen molar-refractivity contribution in [2.45, 2.75) is 20.0 Å². The molecule has 1 aromatic carbocycles. The second-order valence-electron chi connectivity index (χ2n) is 5.50. The number of carbonyl (C=O) groups is 1. The molecule has 1 N–H and O–H groups in total. The van der Waals surface area contributed by atoms with Gasteiger partial charge in [0, 0.05) is 5.02 Å². The third-order valence-corrected chi connectivity index (χ3v) is 3.71. The number of benzene rings is 1. The van der Waals surface area contributed by atoms with Gasteiger partial charge in [0.15, 0.2) is 0 Å². The van der Waals surface area contributed by atoms with Gasteiger partial charge in [-0.05, 0) is 29.5 Å². The number of hydrogen-bond acceptors (Lipinski definition) is 6. The standard InChI is InChI=1S/C15H14ClN7O3/c1-10-5-13(23(25)26)19-22(10)8-14(24)18-15-17-9-21(20-15)7-11-3-2-4-12(16)6-11/h2-6,9H,7-8H2,1H3,(H,18,20,24). The second kappa shape index (κ2) is 7.31. The van der Waals surface area contributed by atoms with Crippen molar-refractivity contribution in [3.8, 4) is 0 Å². The monoisotopic (exact) mass is 375 g/mol. The molecule has 134 valence electrons. The van der Waals surface area contributed by atoms with Crippen molar-refractivity contribution in [2.24, 2.45) is 0 Å². The molecule has 26 heavy (non-hydrogen) atoms. The summed E-state index contributed by atoms with van der Waals surface area (Å²) >= 11 is 5.94. The van der Waals surface area contributed by atoms with Gasteiger partial charge >= 0.3 is 5.82 Å². The van der Waals surface area contributed by atoms with Crippen molar-refractivity contribution < 1.29 is 9.72 Å². The minimum atomic E-state index is -0.611. The average Bonchev–Trinajstić information content (AvgIpc) is 3.14. The molecule has 3 rings (SSSR count). The van der Waals surface area contributed by atoms with Crippen LogP contribution in [0, 0.1) is 17.0 Å². The van der Waals surface area contributed by atoms with Crippen LogP contribution in [0.3, 0.4) is 0 Å².